The van der Waals surface area contributed by atoms with E-state index in [2.05, 4.69) is 17.4 Å². The van der Waals surface area contributed by atoms with Crippen molar-refractivity contribution >= 4 is 11.8 Å². The molecule has 0 saturated carbocycles. The van der Waals surface area contributed by atoms with Gasteiger partial charge in [0.2, 0.25) is 0 Å². The van der Waals surface area contributed by atoms with E-state index in [-0.39, 0.29) is 5.82 Å². The lowest BCUT2D eigenvalue weighted by atomic mass is 10.1. The fourth-order valence-corrected chi connectivity index (χ4v) is 1.81. The lowest BCUT2D eigenvalue weighted by molar-refractivity contribution is 0.627. The second-order valence-corrected chi connectivity index (χ2v) is 4.07. The van der Waals surface area contributed by atoms with E-state index in [1.807, 2.05) is 37.3 Å². The standard InChI is InChI=1S/C16H16FN/c1-2-6-14-11-15(17)9-10-16(14)18-12-13-7-4-3-5-8-13/h2-11,18H,12H2,1H3/b6-2+. The van der Waals surface area contributed by atoms with Crippen LogP contribution in [-0.4, -0.2) is 0 Å². The summed E-state index contributed by atoms with van der Waals surface area (Å²) in [6.45, 7) is 2.66. The average Bonchev–Trinajstić information content (AvgIpc) is 2.39. The third-order valence-corrected chi connectivity index (χ3v) is 2.69. The highest BCUT2D eigenvalue weighted by atomic mass is 19.1. The Kier molecular flexibility index (Phi) is 4.13. The van der Waals surface area contributed by atoms with Crippen molar-refractivity contribution < 1.29 is 4.39 Å². The maximum Gasteiger partial charge on any atom is 0.123 e. The van der Waals surface area contributed by atoms with E-state index < -0.39 is 0 Å². The van der Waals surface area contributed by atoms with E-state index in [4.69, 9.17) is 0 Å². The molecule has 0 aromatic heterocycles. The summed E-state index contributed by atoms with van der Waals surface area (Å²) in [5, 5.41) is 3.32. The van der Waals surface area contributed by atoms with Crippen LogP contribution in [0.15, 0.2) is 54.6 Å². The van der Waals surface area contributed by atoms with Gasteiger partial charge in [-0.3, -0.25) is 0 Å². The van der Waals surface area contributed by atoms with Gasteiger partial charge in [0, 0.05) is 17.8 Å². The summed E-state index contributed by atoms with van der Waals surface area (Å²) in [6, 6.07) is 14.9. The fourth-order valence-electron chi connectivity index (χ4n) is 1.81. The zero-order valence-electron chi connectivity index (χ0n) is 10.4. The maximum absolute atomic E-state index is 13.2. The number of hydrogen-bond acceptors (Lipinski definition) is 1. The predicted molar refractivity (Wildman–Crippen MR) is 74.9 cm³/mol. The Balaban J connectivity index is 2.14. The SMILES string of the molecule is C/C=C/c1cc(F)ccc1NCc1ccccc1. The number of allylic oxidation sites excluding steroid dienone is 1. The van der Waals surface area contributed by atoms with Gasteiger partial charge in [-0.2, -0.15) is 0 Å². The Morgan fingerprint density at radius 2 is 1.89 bits per heavy atom. The third kappa shape index (κ3) is 3.20. The van der Waals surface area contributed by atoms with Crippen molar-refractivity contribution in [3.63, 3.8) is 0 Å². The van der Waals surface area contributed by atoms with Gasteiger partial charge in [0.05, 0.1) is 0 Å². The van der Waals surface area contributed by atoms with E-state index in [0.717, 1.165) is 17.8 Å². The summed E-state index contributed by atoms with van der Waals surface area (Å²) in [4.78, 5) is 0. The van der Waals surface area contributed by atoms with Crippen molar-refractivity contribution in [1.82, 2.24) is 0 Å². The van der Waals surface area contributed by atoms with E-state index in [1.165, 1.54) is 17.7 Å². The topological polar surface area (TPSA) is 12.0 Å². The molecule has 0 aliphatic heterocycles. The van der Waals surface area contributed by atoms with Crippen LogP contribution >= 0.6 is 0 Å². The Morgan fingerprint density at radius 1 is 1.11 bits per heavy atom. The van der Waals surface area contributed by atoms with Gasteiger partial charge in [0.25, 0.3) is 0 Å². The quantitative estimate of drug-likeness (QED) is 0.832. The van der Waals surface area contributed by atoms with E-state index in [1.54, 1.807) is 6.07 Å². The van der Waals surface area contributed by atoms with Crippen LogP contribution in [-0.2, 0) is 6.54 Å². The van der Waals surface area contributed by atoms with Gasteiger partial charge in [-0.1, -0.05) is 42.5 Å². The maximum atomic E-state index is 13.2. The molecule has 0 bridgehead atoms. The molecule has 0 radical (unpaired) electrons. The van der Waals surface area contributed by atoms with Gasteiger partial charge >= 0.3 is 0 Å². The number of nitrogens with one attached hydrogen (secondary N) is 1. The Hall–Kier alpha value is -2.09. The first kappa shape index (κ1) is 12.4. The summed E-state index contributed by atoms with van der Waals surface area (Å²) in [6.07, 6.45) is 3.80. The van der Waals surface area contributed by atoms with Crippen LogP contribution < -0.4 is 5.32 Å². The summed E-state index contributed by atoms with van der Waals surface area (Å²) in [5.41, 5.74) is 3.01. The molecule has 0 atom stereocenters. The zero-order valence-corrected chi connectivity index (χ0v) is 10.4. The van der Waals surface area contributed by atoms with E-state index in [0.29, 0.717) is 0 Å². The predicted octanol–water partition coefficient (Wildman–Crippen LogP) is 4.47. The lowest BCUT2D eigenvalue weighted by Crippen LogP contribution is -2.01. The summed E-state index contributed by atoms with van der Waals surface area (Å²) >= 11 is 0. The molecule has 18 heavy (non-hydrogen) atoms. The minimum absolute atomic E-state index is 0.214. The van der Waals surface area contributed by atoms with Crippen LogP contribution in [0.25, 0.3) is 6.08 Å². The fraction of sp³-hybridized carbons (Fsp3) is 0.125. The number of anilines is 1. The van der Waals surface area contributed by atoms with Crippen molar-refractivity contribution in [3.8, 4) is 0 Å². The molecule has 1 nitrogen and oxygen atoms in total. The van der Waals surface area contributed by atoms with Crippen molar-refractivity contribution in [2.45, 2.75) is 13.5 Å². The first-order valence-corrected chi connectivity index (χ1v) is 5.99. The second-order valence-electron chi connectivity index (χ2n) is 4.07. The largest absolute Gasteiger partial charge is 0.380 e. The molecule has 2 aromatic rings. The molecule has 0 aliphatic carbocycles. The van der Waals surface area contributed by atoms with Crippen LogP contribution in [0.3, 0.4) is 0 Å². The van der Waals surface area contributed by atoms with E-state index >= 15 is 0 Å². The zero-order chi connectivity index (χ0) is 12.8. The Morgan fingerprint density at radius 3 is 2.61 bits per heavy atom. The number of benzene rings is 2. The molecule has 0 unspecified atom stereocenters. The van der Waals surface area contributed by atoms with Crippen LogP contribution in [0.1, 0.15) is 18.1 Å². The molecule has 1 N–H and O–H groups in total. The highest BCUT2D eigenvalue weighted by molar-refractivity contribution is 5.66. The van der Waals surface area contributed by atoms with Crippen molar-refractivity contribution in [3.05, 3.63) is 71.6 Å². The van der Waals surface area contributed by atoms with Crippen LogP contribution in [0.5, 0.6) is 0 Å². The van der Waals surface area contributed by atoms with Gasteiger partial charge < -0.3 is 5.32 Å². The molecular weight excluding hydrogens is 225 g/mol. The van der Waals surface area contributed by atoms with Gasteiger partial charge in [-0.05, 0) is 30.7 Å². The second kappa shape index (κ2) is 6.01. The van der Waals surface area contributed by atoms with Gasteiger partial charge in [-0.25, -0.2) is 4.39 Å². The van der Waals surface area contributed by atoms with Crippen molar-refractivity contribution in [2.24, 2.45) is 0 Å². The van der Waals surface area contributed by atoms with Crippen LogP contribution in [0.2, 0.25) is 0 Å². The van der Waals surface area contributed by atoms with Gasteiger partial charge in [0.1, 0.15) is 5.82 Å². The Bertz CT molecular complexity index is 532. The smallest absolute Gasteiger partial charge is 0.123 e. The number of halogens is 1. The normalized spacial score (nSPS) is 10.8. The summed E-state index contributed by atoms with van der Waals surface area (Å²) < 4.78 is 13.2. The van der Waals surface area contributed by atoms with Crippen molar-refractivity contribution in [1.29, 1.82) is 0 Å². The first-order valence-electron chi connectivity index (χ1n) is 5.99. The average molecular weight is 241 g/mol. The van der Waals surface area contributed by atoms with Crippen molar-refractivity contribution in [2.75, 3.05) is 5.32 Å². The minimum atomic E-state index is -0.214. The Labute approximate surface area is 107 Å². The van der Waals surface area contributed by atoms with Gasteiger partial charge in [0.15, 0.2) is 0 Å². The molecule has 92 valence electrons. The molecule has 0 fully saturated rings. The monoisotopic (exact) mass is 241 g/mol. The molecule has 0 saturated heterocycles. The minimum Gasteiger partial charge on any atom is -0.380 e. The first-order chi connectivity index (χ1) is 8.79. The highest BCUT2D eigenvalue weighted by Crippen LogP contribution is 2.19. The molecule has 2 rings (SSSR count). The van der Waals surface area contributed by atoms with E-state index in [9.17, 15) is 4.39 Å². The molecule has 2 heteroatoms. The lowest BCUT2D eigenvalue weighted by Gasteiger charge is -2.10. The molecule has 0 heterocycles. The molecular formula is C16H16FN. The molecule has 0 spiro atoms. The molecule has 2 aromatic carbocycles. The number of rotatable bonds is 4. The number of hydrogen-bond donors (Lipinski definition) is 1. The molecule has 0 aliphatic rings. The molecule has 0 amide bonds. The summed E-state index contributed by atoms with van der Waals surface area (Å²) in [5.74, 6) is -0.214. The highest BCUT2D eigenvalue weighted by Gasteiger charge is 2.01. The van der Waals surface area contributed by atoms with Gasteiger partial charge in [-0.15, -0.1) is 0 Å². The third-order valence-electron chi connectivity index (χ3n) is 2.69. The van der Waals surface area contributed by atoms with Crippen LogP contribution in [0, 0.1) is 5.82 Å². The summed E-state index contributed by atoms with van der Waals surface area (Å²) in [7, 11) is 0. The van der Waals surface area contributed by atoms with Crippen LogP contribution in [0.4, 0.5) is 10.1 Å².